The van der Waals surface area contributed by atoms with Crippen LogP contribution in [0.4, 0.5) is 5.69 Å². The van der Waals surface area contributed by atoms with Crippen LogP contribution in [0.1, 0.15) is 28.9 Å². The zero-order valence-corrected chi connectivity index (χ0v) is 18.0. The van der Waals surface area contributed by atoms with Crippen LogP contribution in [-0.4, -0.2) is 29.1 Å². The van der Waals surface area contributed by atoms with Gasteiger partial charge in [0.1, 0.15) is 0 Å². The minimum atomic E-state index is -3.84. The van der Waals surface area contributed by atoms with Crippen molar-refractivity contribution in [3.63, 3.8) is 0 Å². The highest BCUT2D eigenvalue weighted by molar-refractivity contribution is 7.89. The predicted octanol–water partition coefficient (Wildman–Crippen LogP) is 3.56. The van der Waals surface area contributed by atoms with Crippen molar-refractivity contribution < 1.29 is 13.2 Å². The van der Waals surface area contributed by atoms with Gasteiger partial charge in [-0.3, -0.25) is 4.79 Å². The van der Waals surface area contributed by atoms with Crippen LogP contribution >= 0.6 is 0 Å². The molecule has 9 heteroatoms. The second-order valence-electron chi connectivity index (χ2n) is 7.06. The number of nitrogens with one attached hydrogen (secondary N) is 2. The number of nitrogens with zero attached hydrogens (tertiary/aromatic N) is 3. The van der Waals surface area contributed by atoms with Gasteiger partial charge in [-0.25, -0.2) is 22.8 Å². The molecule has 1 amide bonds. The van der Waals surface area contributed by atoms with Crippen molar-refractivity contribution in [1.29, 1.82) is 0 Å². The van der Waals surface area contributed by atoms with Crippen molar-refractivity contribution in [2.75, 3.05) is 5.32 Å². The number of aromatic nitrogens is 3. The van der Waals surface area contributed by atoms with Gasteiger partial charge in [0.25, 0.3) is 5.91 Å². The molecular formula is C23H21N5O3S. The number of anilines is 1. The number of hydrogen-bond donors (Lipinski definition) is 2. The molecule has 0 aliphatic rings. The number of carbonyl (C=O) groups excluding carboxylic acids is 1. The van der Waals surface area contributed by atoms with E-state index in [-0.39, 0.29) is 10.5 Å². The van der Waals surface area contributed by atoms with Gasteiger partial charge in [0, 0.05) is 30.2 Å². The molecule has 0 saturated heterocycles. The Morgan fingerprint density at radius 3 is 2.53 bits per heavy atom. The third-order valence-corrected chi connectivity index (χ3v) is 6.33. The number of benzene rings is 2. The first-order chi connectivity index (χ1) is 15.4. The Morgan fingerprint density at radius 2 is 1.78 bits per heavy atom. The number of rotatable bonds is 7. The van der Waals surface area contributed by atoms with Crippen molar-refractivity contribution >= 4 is 21.6 Å². The first-order valence-corrected chi connectivity index (χ1v) is 11.4. The molecule has 2 aromatic carbocycles. The van der Waals surface area contributed by atoms with Gasteiger partial charge >= 0.3 is 0 Å². The van der Waals surface area contributed by atoms with Crippen molar-refractivity contribution in [2.24, 2.45) is 0 Å². The third-order valence-electron chi connectivity index (χ3n) is 4.79. The van der Waals surface area contributed by atoms with Crippen molar-refractivity contribution in [3.8, 4) is 5.82 Å². The van der Waals surface area contributed by atoms with Crippen LogP contribution in [0, 0.1) is 0 Å². The van der Waals surface area contributed by atoms with E-state index in [1.54, 1.807) is 49.8 Å². The molecule has 0 radical (unpaired) electrons. The first-order valence-electron chi connectivity index (χ1n) is 9.88. The summed E-state index contributed by atoms with van der Waals surface area (Å²) >= 11 is 0. The molecular weight excluding hydrogens is 426 g/mol. The van der Waals surface area contributed by atoms with E-state index in [4.69, 9.17) is 0 Å². The number of sulfonamides is 1. The molecule has 32 heavy (non-hydrogen) atoms. The molecule has 1 unspecified atom stereocenters. The smallest absolute Gasteiger partial charge is 0.255 e. The molecule has 2 aromatic heterocycles. The summed E-state index contributed by atoms with van der Waals surface area (Å²) in [5.41, 5.74) is 1.49. The SMILES string of the molecule is CC(NS(=O)(=O)c1cccc(C(=O)Nc2cccnc2-n2cccn2)c1)c1ccccc1. The van der Waals surface area contributed by atoms with Gasteiger partial charge in [-0.05, 0) is 48.9 Å². The van der Waals surface area contributed by atoms with Gasteiger partial charge in [0.15, 0.2) is 5.82 Å². The van der Waals surface area contributed by atoms with E-state index in [0.717, 1.165) is 5.56 Å². The molecule has 0 spiro atoms. The summed E-state index contributed by atoms with van der Waals surface area (Å²) in [5, 5.41) is 6.92. The van der Waals surface area contributed by atoms with Crippen LogP contribution in [0.25, 0.3) is 5.82 Å². The minimum absolute atomic E-state index is 0.00594. The van der Waals surface area contributed by atoms with E-state index in [2.05, 4.69) is 20.1 Å². The van der Waals surface area contributed by atoms with Gasteiger partial charge in [0.2, 0.25) is 10.0 Å². The predicted molar refractivity (Wildman–Crippen MR) is 121 cm³/mol. The van der Waals surface area contributed by atoms with Crippen molar-refractivity contribution in [3.05, 3.63) is 103 Å². The Labute approximate surface area is 186 Å². The lowest BCUT2D eigenvalue weighted by Gasteiger charge is -2.15. The van der Waals surface area contributed by atoms with Gasteiger partial charge in [0.05, 0.1) is 10.6 Å². The van der Waals surface area contributed by atoms with Crippen LogP contribution in [0.2, 0.25) is 0 Å². The lowest BCUT2D eigenvalue weighted by atomic mass is 10.1. The number of pyridine rings is 1. The van der Waals surface area contributed by atoms with Gasteiger partial charge < -0.3 is 5.32 Å². The van der Waals surface area contributed by atoms with E-state index in [9.17, 15) is 13.2 Å². The van der Waals surface area contributed by atoms with E-state index in [1.165, 1.54) is 22.9 Å². The Morgan fingerprint density at radius 1 is 0.969 bits per heavy atom. The minimum Gasteiger partial charge on any atom is -0.319 e. The largest absolute Gasteiger partial charge is 0.319 e. The molecule has 8 nitrogen and oxygen atoms in total. The summed E-state index contributed by atoms with van der Waals surface area (Å²) < 4.78 is 30.0. The zero-order chi connectivity index (χ0) is 22.6. The summed E-state index contributed by atoms with van der Waals surface area (Å²) in [6.07, 6.45) is 4.92. The van der Waals surface area contributed by atoms with Crippen LogP contribution in [0.15, 0.2) is 96.3 Å². The summed E-state index contributed by atoms with van der Waals surface area (Å²) in [6.45, 7) is 1.77. The molecule has 0 saturated carbocycles. The molecule has 0 aliphatic carbocycles. The summed E-state index contributed by atoms with van der Waals surface area (Å²) in [5.74, 6) is -0.00690. The first kappa shape index (κ1) is 21.4. The molecule has 2 heterocycles. The molecule has 0 fully saturated rings. The lowest BCUT2D eigenvalue weighted by molar-refractivity contribution is 0.102. The normalized spacial score (nSPS) is 12.3. The lowest BCUT2D eigenvalue weighted by Crippen LogP contribution is -2.27. The third kappa shape index (κ3) is 4.74. The highest BCUT2D eigenvalue weighted by atomic mass is 32.2. The van der Waals surface area contributed by atoms with E-state index in [0.29, 0.717) is 11.5 Å². The van der Waals surface area contributed by atoms with Crippen LogP contribution in [-0.2, 0) is 10.0 Å². The van der Waals surface area contributed by atoms with Crippen molar-refractivity contribution in [2.45, 2.75) is 17.9 Å². The maximum Gasteiger partial charge on any atom is 0.255 e. The van der Waals surface area contributed by atoms with Crippen LogP contribution in [0.5, 0.6) is 0 Å². The average molecular weight is 448 g/mol. The van der Waals surface area contributed by atoms with E-state index in [1.807, 2.05) is 30.3 Å². The molecule has 1 atom stereocenters. The molecule has 2 N–H and O–H groups in total. The Balaban J connectivity index is 1.55. The number of carbonyl (C=O) groups is 1. The number of amides is 1. The molecule has 162 valence electrons. The second kappa shape index (κ2) is 9.13. The molecule has 4 aromatic rings. The fourth-order valence-electron chi connectivity index (χ4n) is 3.18. The van der Waals surface area contributed by atoms with Crippen LogP contribution < -0.4 is 10.0 Å². The highest BCUT2D eigenvalue weighted by Gasteiger charge is 2.20. The second-order valence-corrected chi connectivity index (χ2v) is 8.77. The quantitative estimate of drug-likeness (QED) is 0.451. The maximum absolute atomic E-state index is 12.9. The van der Waals surface area contributed by atoms with Gasteiger partial charge in [-0.2, -0.15) is 5.10 Å². The monoisotopic (exact) mass is 447 g/mol. The Hall–Kier alpha value is -3.82. The highest BCUT2D eigenvalue weighted by Crippen LogP contribution is 2.20. The van der Waals surface area contributed by atoms with Gasteiger partial charge in [-0.1, -0.05) is 36.4 Å². The van der Waals surface area contributed by atoms with E-state index >= 15 is 0 Å². The Kier molecular flexibility index (Phi) is 6.11. The standard InChI is InChI=1S/C23H21N5O3S/c1-17(18-8-3-2-4-9-18)27-32(30,31)20-11-5-10-19(16-20)23(29)26-21-12-6-13-24-22(21)28-15-7-14-25-28/h2-17,27H,1H3,(H,26,29). The summed E-state index contributed by atoms with van der Waals surface area (Å²) in [6, 6.07) is 19.9. The molecule has 4 rings (SSSR count). The Bertz CT molecular complexity index is 1320. The molecule has 0 aliphatic heterocycles. The maximum atomic E-state index is 12.9. The summed E-state index contributed by atoms with van der Waals surface area (Å²) in [7, 11) is -3.84. The summed E-state index contributed by atoms with van der Waals surface area (Å²) in [4.78, 5) is 17.1. The number of hydrogen-bond acceptors (Lipinski definition) is 5. The van der Waals surface area contributed by atoms with Gasteiger partial charge in [-0.15, -0.1) is 0 Å². The fourth-order valence-corrected chi connectivity index (χ4v) is 4.46. The zero-order valence-electron chi connectivity index (χ0n) is 17.2. The average Bonchev–Trinajstić information content (AvgIpc) is 3.34. The van der Waals surface area contributed by atoms with Crippen LogP contribution in [0.3, 0.4) is 0 Å². The molecule has 0 bridgehead atoms. The van der Waals surface area contributed by atoms with Crippen molar-refractivity contribution in [1.82, 2.24) is 19.5 Å². The topological polar surface area (TPSA) is 106 Å². The van der Waals surface area contributed by atoms with E-state index < -0.39 is 22.0 Å². The fraction of sp³-hybridized carbons (Fsp3) is 0.0870.